The standard InChI is InChI=1S/C10H17N7/c1-16-10(12-8-13-16)7-17-6-9(14-15-17)4-2-3-5-11/h6,8H,2-5,7,11H2,1H3. The van der Waals surface area contributed by atoms with Crippen molar-refractivity contribution >= 4 is 0 Å². The van der Waals surface area contributed by atoms with E-state index < -0.39 is 0 Å². The van der Waals surface area contributed by atoms with Crippen molar-refractivity contribution in [3.05, 3.63) is 24.0 Å². The molecule has 2 aromatic heterocycles. The van der Waals surface area contributed by atoms with Crippen LogP contribution in [0.4, 0.5) is 0 Å². The van der Waals surface area contributed by atoms with Crippen molar-refractivity contribution in [2.24, 2.45) is 12.8 Å². The minimum Gasteiger partial charge on any atom is -0.330 e. The molecule has 7 heteroatoms. The van der Waals surface area contributed by atoms with Gasteiger partial charge in [0.2, 0.25) is 0 Å². The first-order valence-electron chi connectivity index (χ1n) is 5.71. The van der Waals surface area contributed by atoms with Crippen LogP contribution >= 0.6 is 0 Å². The van der Waals surface area contributed by atoms with Crippen molar-refractivity contribution in [2.45, 2.75) is 25.8 Å². The Kier molecular flexibility index (Phi) is 3.81. The van der Waals surface area contributed by atoms with E-state index in [9.17, 15) is 0 Å². The summed E-state index contributed by atoms with van der Waals surface area (Å²) in [6.07, 6.45) is 6.49. The van der Waals surface area contributed by atoms with E-state index >= 15 is 0 Å². The fourth-order valence-corrected chi connectivity index (χ4v) is 1.59. The van der Waals surface area contributed by atoms with E-state index in [-0.39, 0.29) is 0 Å². The second-order valence-electron chi connectivity index (χ2n) is 3.95. The van der Waals surface area contributed by atoms with Gasteiger partial charge in [-0.3, -0.25) is 4.68 Å². The van der Waals surface area contributed by atoms with E-state index in [1.165, 1.54) is 6.33 Å². The van der Waals surface area contributed by atoms with Crippen LogP contribution in [-0.4, -0.2) is 36.3 Å². The van der Waals surface area contributed by atoms with Crippen LogP contribution in [0.15, 0.2) is 12.5 Å². The van der Waals surface area contributed by atoms with Crippen LogP contribution in [0.3, 0.4) is 0 Å². The normalized spacial score (nSPS) is 10.9. The summed E-state index contributed by atoms with van der Waals surface area (Å²) in [7, 11) is 1.86. The summed E-state index contributed by atoms with van der Waals surface area (Å²) in [5, 5.41) is 12.2. The van der Waals surface area contributed by atoms with E-state index in [1.54, 1.807) is 9.36 Å². The number of hydrogen-bond acceptors (Lipinski definition) is 5. The summed E-state index contributed by atoms with van der Waals surface area (Å²) in [6.45, 7) is 1.33. The molecular formula is C10H17N7. The Morgan fingerprint density at radius 1 is 1.35 bits per heavy atom. The molecule has 2 N–H and O–H groups in total. The van der Waals surface area contributed by atoms with Gasteiger partial charge < -0.3 is 5.73 Å². The summed E-state index contributed by atoms with van der Waals surface area (Å²) in [5.74, 6) is 0.864. The van der Waals surface area contributed by atoms with E-state index in [1.807, 2.05) is 13.2 Å². The molecule has 2 heterocycles. The van der Waals surface area contributed by atoms with Crippen molar-refractivity contribution in [1.82, 2.24) is 29.8 Å². The van der Waals surface area contributed by atoms with E-state index in [2.05, 4.69) is 20.4 Å². The zero-order valence-corrected chi connectivity index (χ0v) is 9.95. The predicted molar refractivity (Wildman–Crippen MR) is 62.1 cm³/mol. The SMILES string of the molecule is Cn1ncnc1Cn1cc(CCCCN)nn1. The number of hydrogen-bond donors (Lipinski definition) is 1. The molecule has 17 heavy (non-hydrogen) atoms. The number of nitrogens with zero attached hydrogens (tertiary/aromatic N) is 6. The molecule has 0 aliphatic rings. The van der Waals surface area contributed by atoms with Crippen LogP contribution < -0.4 is 5.73 Å². The summed E-state index contributed by atoms with van der Waals surface area (Å²) in [4.78, 5) is 4.14. The van der Waals surface area contributed by atoms with Crippen LogP contribution in [0.2, 0.25) is 0 Å². The molecule has 0 unspecified atom stereocenters. The predicted octanol–water partition coefficient (Wildman–Crippen LogP) is -0.264. The lowest BCUT2D eigenvalue weighted by molar-refractivity contribution is 0.589. The van der Waals surface area contributed by atoms with Crippen LogP contribution in [0.25, 0.3) is 0 Å². The van der Waals surface area contributed by atoms with Crippen LogP contribution in [0, 0.1) is 0 Å². The minimum atomic E-state index is 0.598. The zero-order valence-electron chi connectivity index (χ0n) is 9.95. The Balaban J connectivity index is 1.92. The fourth-order valence-electron chi connectivity index (χ4n) is 1.59. The molecule has 0 spiro atoms. The van der Waals surface area contributed by atoms with Crippen molar-refractivity contribution in [3.63, 3.8) is 0 Å². The third-order valence-electron chi connectivity index (χ3n) is 2.58. The average Bonchev–Trinajstić information content (AvgIpc) is 2.91. The van der Waals surface area contributed by atoms with Crippen molar-refractivity contribution in [3.8, 4) is 0 Å². The molecule has 0 aromatic carbocycles. The Bertz CT molecular complexity index is 459. The van der Waals surface area contributed by atoms with Gasteiger partial charge in [0.15, 0.2) is 0 Å². The monoisotopic (exact) mass is 235 g/mol. The van der Waals surface area contributed by atoms with E-state index in [0.717, 1.165) is 37.3 Å². The number of unbranched alkanes of at least 4 members (excludes halogenated alkanes) is 1. The smallest absolute Gasteiger partial charge is 0.148 e. The maximum Gasteiger partial charge on any atom is 0.148 e. The molecule has 2 aromatic rings. The van der Waals surface area contributed by atoms with Crippen LogP contribution in [-0.2, 0) is 20.0 Å². The molecular weight excluding hydrogens is 218 g/mol. The third kappa shape index (κ3) is 3.10. The average molecular weight is 235 g/mol. The number of aryl methyl sites for hydroxylation is 2. The van der Waals surface area contributed by atoms with Crippen molar-refractivity contribution < 1.29 is 0 Å². The first-order chi connectivity index (χ1) is 8.29. The van der Waals surface area contributed by atoms with Crippen LogP contribution in [0.1, 0.15) is 24.4 Å². The molecule has 0 saturated heterocycles. The van der Waals surface area contributed by atoms with Crippen molar-refractivity contribution in [2.75, 3.05) is 6.54 Å². The minimum absolute atomic E-state index is 0.598. The largest absolute Gasteiger partial charge is 0.330 e. The summed E-state index contributed by atoms with van der Waals surface area (Å²) in [6, 6.07) is 0. The van der Waals surface area contributed by atoms with E-state index in [4.69, 9.17) is 5.73 Å². The fraction of sp³-hybridized carbons (Fsp3) is 0.600. The maximum absolute atomic E-state index is 5.45. The molecule has 0 aliphatic heterocycles. The summed E-state index contributed by atoms with van der Waals surface area (Å²) < 4.78 is 3.51. The molecule has 0 atom stereocenters. The molecule has 0 fully saturated rings. The van der Waals surface area contributed by atoms with Gasteiger partial charge in [-0.2, -0.15) is 5.10 Å². The zero-order chi connectivity index (χ0) is 12.1. The lowest BCUT2D eigenvalue weighted by Crippen LogP contribution is -2.07. The van der Waals surface area contributed by atoms with Gasteiger partial charge in [0.25, 0.3) is 0 Å². The maximum atomic E-state index is 5.45. The van der Waals surface area contributed by atoms with Gasteiger partial charge >= 0.3 is 0 Å². The molecule has 7 nitrogen and oxygen atoms in total. The van der Waals surface area contributed by atoms with Gasteiger partial charge in [0.1, 0.15) is 18.7 Å². The number of rotatable bonds is 6. The lowest BCUT2D eigenvalue weighted by atomic mass is 10.2. The second-order valence-corrected chi connectivity index (χ2v) is 3.95. The lowest BCUT2D eigenvalue weighted by Gasteiger charge is -1.98. The molecule has 0 amide bonds. The second kappa shape index (κ2) is 5.53. The quantitative estimate of drug-likeness (QED) is 0.697. The van der Waals surface area contributed by atoms with E-state index in [0.29, 0.717) is 6.54 Å². The van der Waals surface area contributed by atoms with Crippen molar-refractivity contribution in [1.29, 1.82) is 0 Å². The van der Waals surface area contributed by atoms with Gasteiger partial charge in [0, 0.05) is 13.2 Å². The Morgan fingerprint density at radius 2 is 2.24 bits per heavy atom. The number of nitrogens with two attached hydrogens (primary N) is 1. The van der Waals surface area contributed by atoms with Gasteiger partial charge in [0.05, 0.1) is 5.69 Å². The van der Waals surface area contributed by atoms with Crippen LogP contribution in [0.5, 0.6) is 0 Å². The highest BCUT2D eigenvalue weighted by Crippen LogP contribution is 2.02. The van der Waals surface area contributed by atoms with Gasteiger partial charge in [-0.25, -0.2) is 9.67 Å². The summed E-state index contributed by atoms with van der Waals surface area (Å²) >= 11 is 0. The molecule has 2 rings (SSSR count). The first-order valence-corrected chi connectivity index (χ1v) is 5.71. The Morgan fingerprint density at radius 3 is 2.94 bits per heavy atom. The highest BCUT2D eigenvalue weighted by molar-refractivity contribution is 4.94. The third-order valence-corrected chi connectivity index (χ3v) is 2.58. The molecule has 0 bridgehead atoms. The molecule has 0 radical (unpaired) electrons. The molecule has 92 valence electrons. The van der Waals surface area contributed by atoms with Gasteiger partial charge in [-0.05, 0) is 25.8 Å². The molecule has 0 aliphatic carbocycles. The molecule has 0 saturated carbocycles. The number of aromatic nitrogens is 6. The highest BCUT2D eigenvalue weighted by atomic mass is 15.4. The van der Waals surface area contributed by atoms with Gasteiger partial charge in [-0.15, -0.1) is 5.10 Å². The van der Waals surface area contributed by atoms with Gasteiger partial charge in [-0.1, -0.05) is 5.21 Å². The Labute approximate surface area is 99.6 Å². The Hall–Kier alpha value is -1.76. The first kappa shape index (κ1) is 11.7. The summed E-state index contributed by atoms with van der Waals surface area (Å²) in [5.41, 5.74) is 6.45. The highest BCUT2D eigenvalue weighted by Gasteiger charge is 2.04. The topological polar surface area (TPSA) is 87.4 Å².